The van der Waals surface area contributed by atoms with Crippen molar-refractivity contribution in [1.82, 2.24) is 4.72 Å². The third-order valence-electron chi connectivity index (χ3n) is 2.52. The number of rotatable bonds is 6. The summed E-state index contributed by atoms with van der Waals surface area (Å²) < 4.78 is 27.5. The summed E-state index contributed by atoms with van der Waals surface area (Å²) in [5, 5.41) is 1.15. The smallest absolute Gasteiger partial charge is 0.206 e. The predicted molar refractivity (Wildman–Crippen MR) is 80.0 cm³/mol. The summed E-state index contributed by atoms with van der Waals surface area (Å²) in [7, 11) is -3.42. The van der Waals surface area contributed by atoms with Crippen LogP contribution in [0.3, 0.4) is 0 Å². The summed E-state index contributed by atoms with van der Waals surface area (Å²) in [5.41, 5.74) is -0.475. The van der Waals surface area contributed by atoms with Gasteiger partial charge in [0.15, 0.2) is 0 Å². The zero-order valence-corrected chi connectivity index (χ0v) is 14.5. The van der Waals surface area contributed by atoms with Crippen molar-refractivity contribution in [1.29, 1.82) is 0 Å². The monoisotopic (exact) mass is 403 g/mol. The Morgan fingerprint density at radius 1 is 1.35 bits per heavy atom. The molecule has 0 amide bonds. The standard InChI is InChI=1S/C10H15Br2NO2S2/c1-3-10(6-11,7-12)13-17(14,15)9-5-4-8(2)16-9/h4-5,13H,3,6-7H2,1-2H3. The van der Waals surface area contributed by atoms with Crippen LogP contribution in [-0.2, 0) is 10.0 Å². The molecule has 0 saturated carbocycles. The molecule has 0 aliphatic carbocycles. The molecule has 0 spiro atoms. The maximum absolute atomic E-state index is 12.2. The van der Waals surface area contributed by atoms with Gasteiger partial charge in [-0.3, -0.25) is 0 Å². The Kier molecular flexibility index (Phi) is 5.65. The molecule has 1 heterocycles. The molecular formula is C10H15Br2NO2S2. The Morgan fingerprint density at radius 3 is 2.29 bits per heavy atom. The van der Waals surface area contributed by atoms with Gasteiger partial charge in [-0.2, -0.15) is 0 Å². The fourth-order valence-electron chi connectivity index (χ4n) is 1.24. The van der Waals surface area contributed by atoms with Gasteiger partial charge in [-0.25, -0.2) is 13.1 Å². The minimum absolute atomic E-state index is 0.370. The normalized spacial score (nSPS) is 12.9. The maximum atomic E-state index is 12.2. The highest BCUT2D eigenvalue weighted by molar-refractivity contribution is 9.09. The number of hydrogen-bond donors (Lipinski definition) is 1. The lowest BCUT2D eigenvalue weighted by atomic mass is 10.0. The van der Waals surface area contributed by atoms with Gasteiger partial charge < -0.3 is 0 Å². The van der Waals surface area contributed by atoms with E-state index >= 15 is 0 Å². The molecule has 7 heteroatoms. The van der Waals surface area contributed by atoms with Crippen molar-refractivity contribution in [2.75, 3.05) is 10.7 Å². The Hall–Kier alpha value is 0.570. The highest BCUT2D eigenvalue weighted by Gasteiger charge is 2.32. The van der Waals surface area contributed by atoms with Gasteiger partial charge in [-0.1, -0.05) is 38.8 Å². The first-order valence-corrected chi connectivity index (χ1v) is 9.66. The van der Waals surface area contributed by atoms with Crippen molar-refractivity contribution in [3.8, 4) is 0 Å². The molecule has 0 bridgehead atoms. The van der Waals surface area contributed by atoms with Crippen molar-refractivity contribution < 1.29 is 8.42 Å². The van der Waals surface area contributed by atoms with Crippen LogP contribution in [0.1, 0.15) is 18.2 Å². The maximum Gasteiger partial charge on any atom is 0.250 e. The lowest BCUT2D eigenvalue weighted by molar-refractivity contribution is 0.460. The third-order valence-corrected chi connectivity index (χ3v) is 7.74. The van der Waals surface area contributed by atoms with Crippen LogP contribution in [0, 0.1) is 6.92 Å². The molecule has 0 radical (unpaired) electrons. The molecule has 0 aliphatic heterocycles. The van der Waals surface area contributed by atoms with Gasteiger partial charge >= 0.3 is 0 Å². The topological polar surface area (TPSA) is 46.2 Å². The van der Waals surface area contributed by atoms with Crippen LogP contribution >= 0.6 is 43.2 Å². The fourth-order valence-corrected chi connectivity index (χ4v) is 6.37. The summed E-state index contributed by atoms with van der Waals surface area (Å²) >= 11 is 8.03. The molecule has 1 aromatic rings. The Labute approximate surface area is 123 Å². The molecule has 1 aromatic heterocycles. The second kappa shape index (κ2) is 6.14. The SMILES string of the molecule is CCC(CBr)(CBr)NS(=O)(=O)c1ccc(C)s1. The third kappa shape index (κ3) is 3.76. The minimum atomic E-state index is -3.42. The number of thiophene rings is 1. The van der Waals surface area contributed by atoms with Gasteiger partial charge in [0.1, 0.15) is 4.21 Å². The van der Waals surface area contributed by atoms with E-state index in [-0.39, 0.29) is 0 Å². The summed E-state index contributed by atoms with van der Waals surface area (Å²) in [6.07, 6.45) is 0.715. The van der Waals surface area contributed by atoms with Crippen molar-refractivity contribution in [2.45, 2.75) is 30.0 Å². The summed E-state index contributed by atoms with van der Waals surface area (Å²) in [6.45, 7) is 3.86. The largest absolute Gasteiger partial charge is 0.250 e. The van der Waals surface area contributed by atoms with E-state index in [1.165, 1.54) is 11.3 Å². The van der Waals surface area contributed by atoms with E-state index in [1.807, 2.05) is 19.9 Å². The van der Waals surface area contributed by atoms with Crippen LogP contribution in [0.2, 0.25) is 0 Å². The molecule has 0 aliphatic rings. The first kappa shape index (κ1) is 15.6. The zero-order valence-electron chi connectivity index (χ0n) is 9.66. The molecule has 0 saturated heterocycles. The van der Waals surface area contributed by atoms with Gasteiger partial charge in [0.05, 0.1) is 5.54 Å². The number of aryl methyl sites for hydroxylation is 1. The Bertz CT molecular complexity index is 458. The average Bonchev–Trinajstić information content (AvgIpc) is 2.74. The minimum Gasteiger partial charge on any atom is -0.206 e. The first-order valence-electron chi connectivity index (χ1n) is 5.11. The molecule has 3 nitrogen and oxygen atoms in total. The van der Waals surface area contributed by atoms with E-state index < -0.39 is 15.6 Å². The molecule has 0 unspecified atom stereocenters. The van der Waals surface area contributed by atoms with Crippen LogP contribution in [0.5, 0.6) is 0 Å². The van der Waals surface area contributed by atoms with Crippen LogP contribution in [-0.4, -0.2) is 24.6 Å². The quantitative estimate of drug-likeness (QED) is 0.739. The van der Waals surface area contributed by atoms with Gasteiger partial charge in [0, 0.05) is 15.5 Å². The molecule has 0 atom stereocenters. The van der Waals surface area contributed by atoms with Crippen LogP contribution in [0.15, 0.2) is 16.3 Å². The van der Waals surface area contributed by atoms with E-state index in [0.717, 1.165) is 4.88 Å². The number of alkyl halides is 2. The van der Waals surface area contributed by atoms with Crippen molar-refractivity contribution in [3.05, 3.63) is 17.0 Å². The molecule has 0 fully saturated rings. The van der Waals surface area contributed by atoms with E-state index in [1.54, 1.807) is 6.07 Å². The predicted octanol–water partition coefficient (Wildman–Crippen LogP) is 3.27. The number of halogens is 2. The highest BCUT2D eigenvalue weighted by Crippen LogP contribution is 2.25. The molecule has 98 valence electrons. The van der Waals surface area contributed by atoms with E-state index in [9.17, 15) is 8.42 Å². The van der Waals surface area contributed by atoms with E-state index in [2.05, 4.69) is 36.6 Å². The number of hydrogen-bond acceptors (Lipinski definition) is 3. The number of sulfonamides is 1. The van der Waals surface area contributed by atoms with E-state index in [4.69, 9.17) is 0 Å². The highest BCUT2D eigenvalue weighted by atomic mass is 79.9. The summed E-state index contributed by atoms with van der Waals surface area (Å²) in [4.78, 5) is 0.991. The second-order valence-electron chi connectivity index (χ2n) is 3.87. The molecule has 1 N–H and O–H groups in total. The van der Waals surface area contributed by atoms with Crippen molar-refractivity contribution >= 4 is 53.2 Å². The Balaban J connectivity index is 3.00. The molecule has 1 rings (SSSR count). The molecule has 0 aromatic carbocycles. The number of nitrogens with one attached hydrogen (secondary N) is 1. The second-order valence-corrected chi connectivity index (χ2v) is 8.19. The average molecular weight is 405 g/mol. The van der Waals surface area contributed by atoms with Gasteiger partial charge in [0.25, 0.3) is 10.0 Å². The first-order chi connectivity index (χ1) is 7.89. The van der Waals surface area contributed by atoms with Crippen molar-refractivity contribution in [3.63, 3.8) is 0 Å². The van der Waals surface area contributed by atoms with Crippen molar-refractivity contribution in [2.24, 2.45) is 0 Å². The van der Waals surface area contributed by atoms with Gasteiger partial charge in [-0.05, 0) is 25.5 Å². The lowest BCUT2D eigenvalue weighted by Crippen LogP contribution is -2.50. The fraction of sp³-hybridized carbons (Fsp3) is 0.600. The molecular weight excluding hydrogens is 390 g/mol. The van der Waals surface area contributed by atoms with Gasteiger partial charge in [-0.15, -0.1) is 11.3 Å². The summed E-state index contributed by atoms with van der Waals surface area (Å²) in [6, 6.07) is 3.46. The van der Waals surface area contributed by atoms with Crippen LogP contribution in [0.4, 0.5) is 0 Å². The van der Waals surface area contributed by atoms with Gasteiger partial charge in [0.2, 0.25) is 0 Å². The zero-order chi connectivity index (χ0) is 13.1. The van der Waals surface area contributed by atoms with Crippen LogP contribution < -0.4 is 4.72 Å². The Morgan fingerprint density at radius 2 is 1.94 bits per heavy atom. The van der Waals surface area contributed by atoms with E-state index in [0.29, 0.717) is 21.3 Å². The molecule has 17 heavy (non-hydrogen) atoms. The lowest BCUT2D eigenvalue weighted by Gasteiger charge is -2.29. The summed E-state index contributed by atoms with van der Waals surface area (Å²) in [5.74, 6) is 0. The van der Waals surface area contributed by atoms with Crippen LogP contribution in [0.25, 0.3) is 0 Å².